The Bertz CT molecular complexity index is 712. The van der Waals surface area contributed by atoms with E-state index in [2.05, 4.69) is 5.32 Å². The first-order valence-electron chi connectivity index (χ1n) is 7.86. The predicted octanol–water partition coefficient (Wildman–Crippen LogP) is 1.53. The number of nitrogens with zero attached hydrogens (tertiary/aromatic N) is 2. The third-order valence-corrected chi connectivity index (χ3v) is 6.04. The SMILES string of the molecule is CCCS(=O)(=O)N1CCC(NC(=O)c2cccc([N+](=O)[O-])c2)CC1. The van der Waals surface area contributed by atoms with Crippen LogP contribution in [0.25, 0.3) is 0 Å². The topological polar surface area (TPSA) is 110 Å². The number of carbonyl (C=O) groups excluding carboxylic acids is 1. The number of nitro benzene ring substituents is 1. The van der Waals surface area contributed by atoms with Crippen LogP contribution in [0.1, 0.15) is 36.5 Å². The third-order valence-electron chi connectivity index (χ3n) is 3.96. The summed E-state index contributed by atoms with van der Waals surface area (Å²) in [6, 6.07) is 5.41. The highest BCUT2D eigenvalue weighted by molar-refractivity contribution is 7.89. The largest absolute Gasteiger partial charge is 0.349 e. The van der Waals surface area contributed by atoms with Crippen LogP contribution in [0.15, 0.2) is 24.3 Å². The second-order valence-corrected chi connectivity index (χ2v) is 7.86. The van der Waals surface area contributed by atoms with E-state index < -0.39 is 14.9 Å². The normalized spacial score (nSPS) is 16.7. The van der Waals surface area contributed by atoms with Crippen molar-refractivity contribution in [3.05, 3.63) is 39.9 Å². The maximum absolute atomic E-state index is 12.2. The molecule has 0 aromatic heterocycles. The molecule has 1 N–H and O–H groups in total. The Morgan fingerprint density at radius 2 is 2.04 bits per heavy atom. The molecule has 9 heteroatoms. The average Bonchev–Trinajstić information content (AvgIpc) is 2.55. The van der Waals surface area contributed by atoms with Crippen LogP contribution in [-0.4, -0.2) is 48.4 Å². The first kappa shape index (κ1) is 18.3. The zero-order chi connectivity index (χ0) is 17.7. The Hall–Kier alpha value is -2.00. The van der Waals surface area contributed by atoms with Crippen molar-refractivity contribution in [2.45, 2.75) is 32.2 Å². The molecule has 8 nitrogen and oxygen atoms in total. The van der Waals surface area contributed by atoms with Gasteiger partial charge in [0.05, 0.1) is 10.7 Å². The number of hydrogen-bond donors (Lipinski definition) is 1. The van der Waals surface area contributed by atoms with Gasteiger partial charge in [-0.3, -0.25) is 14.9 Å². The molecule has 132 valence electrons. The van der Waals surface area contributed by atoms with Gasteiger partial charge < -0.3 is 5.32 Å². The van der Waals surface area contributed by atoms with Crippen molar-refractivity contribution in [1.29, 1.82) is 0 Å². The van der Waals surface area contributed by atoms with E-state index in [0.717, 1.165) is 0 Å². The molecule has 1 aliphatic heterocycles. The van der Waals surface area contributed by atoms with Crippen LogP contribution >= 0.6 is 0 Å². The van der Waals surface area contributed by atoms with Gasteiger partial charge in [0.15, 0.2) is 0 Å². The summed E-state index contributed by atoms with van der Waals surface area (Å²) >= 11 is 0. The molecule has 0 radical (unpaired) electrons. The summed E-state index contributed by atoms with van der Waals surface area (Å²) in [5.74, 6) is -0.244. The van der Waals surface area contributed by atoms with Gasteiger partial charge in [-0.15, -0.1) is 0 Å². The van der Waals surface area contributed by atoms with Gasteiger partial charge in [-0.25, -0.2) is 12.7 Å². The predicted molar refractivity (Wildman–Crippen MR) is 89.2 cm³/mol. The van der Waals surface area contributed by atoms with Gasteiger partial charge in [0.25, 0.3) is 11.6 Å². The summed E-state index contributed by atoms with van der Waals surface area (Å²) < 4.78 is 25.5. The quantitative estimate of drug-likeness (QED) is 0.615. The first-order valence-corrected chi connectivity index (χ1v) is 9.47. The average molecular weight is 355 g/mol. The van der Waals surface area contributed by atoms with E-state index in [0.29, 0.717) is 32.4 Å². The monoisotopic (exact) mass is 355 g/mol. The molecule has 1 saturated heterocycles. The summed E-state index contributed by atoms with van der Waals surface area (Å²) in [6.45, 7) is 2.58. The maximum Gasteiger partial charge on any atom is 0.270 e. The molecular weight excluding hydrogens is 334 g/mol. The van der Waals surface area contributed by atoms with Crippen LogP contribution in [0, 0.1) is 10.1 Å². The van der Waals surface area contributed by atoms with Gasteiger partial charge in [-0.1, -0.05) is 13.0 Å². The Morgan fingerprint density at radius 1 is 1.38 bits per heavy atom. The number of piperidine rings is 1. The molecule has 1 aromatic carbocycles. The molecule has 0 saturated carbocycles. The number of hydrogen-bond acceptors (Lipinski definition) is 5. The number of sulfonamides is 1. The number of carbonyl (C=O) groups is 1. The molecule has 1 aliphatic rings. The molecule has 0 spiro atoms. The van der Waals surface area contributed by atoms with Crippen molar-refractivity contribution in [2.75, 3.05) is 18.8 Å². The number of nitro groups is 1. The fraction of sp³-hybridized carbons (Fsp3) is 0.533. The van der Waals surface area contributed by atoms with Gasteiger partial charge >= 0.3 is 0 Å². The van der Waals surface area contributed by atoms with E-state index in [1.807, 2.05) is 6.92 Å². The first-order chi connectivity index (χ1) is 11.3. The number of benzene rings is 1. The molecule has 0 unspecified atom stereocenters. The molecule has 1 aromatic rings. The Morgan fingerprint density at radius 3 is 2.62 bits per heavy atom. The summed E-state index contributed by atoms with van der Waals surface area (Å²) in [5.41, 5.74) is 0.0911. The Labute approximate surface area is 141 Å². The minimum atomic E-state index is -3.21. The van der Waals surface area contributed by atoms with Gasteiger partial charge in [-0.2, -0.15) is 0 Å². The van der Waals surface area contributed by atoms with Crippen molar-refractivity contribution < 1.29 is 18.1 Å². The van der Waals surface area contributed by atoms with Crippen molar-refractivity contribution in [2.24, 2.45) is 0 Å². The van der Waals surface area contributed by atoms with E-state index in [4.69, 9.17) is 0 Å². The zero-order valence-electron chi connectivity index (χ0n) is 13.5. The lowest BCUT2D eigenvalue weighted by Crippen LogP contribution is -2.47. The molecule has 0 bridgehead atoms. The minimum Gasteiger partial charge on any atom is -0.349 e. The number of amides is 1. The van der Waals surface area contributed by atoms with Crippen molar-refractivity contribution >= 4 is 21.6 Å². The smallest absolute Gasteiger partial charge is 0.270 e. The lowest BCUT2D eigenvalue weighted by Gasteiger charge is -2.31. The van der Waals surface area contributed by atoms with Crippen molar-refractivity contribution in [3.8, 4) is 0 Å². The molecule has 1 heterocycles. The molecule has 1 fully saturated rings. The number of rotatable bonds is 6. The zero-order valence-corrected chi connectivity index (χ0v) is 14.3. The maximum atomic E-state index is 12.2. The third kappa shape index (κ3) is 4.51. The molecule has 0 aliphatic carbocycles. The van der Waals surface area contributed by atoms with E-state index in [9.17, 15) is 23.3 Å². The van der Waals surface area contributed by atoms with Crippen molar-refractivity contribution in [1.82, 2.24) is 9.62 Å². The summed E-state index contributed by atoms with van der Waals surface area (Å²) in [6.07, 6.45) is 1.64. The van der Waals surface area contributed by atoms with Crippen LogP contribution in [0.3, 0.4) is 0 Å². The molecule has 1 amide bonds. The van der Waals surface area contributed by atoms with E-state index in [-0.39, 0.29) is 29.0 Å². The van der Waals surface area contributed by atoms with Crippen LogP contribution < -0.4 is 5.32 Å². The van der Waals surface area contributed by atoms with Gasteiger partial charge in [0, 0.05) is 36.8 Å². The number of non-ortho nitro benzene ring substituents is 1. The van der Waals surface area contributed by atoms with Crippen LogP contribution in [0.2, 0.25) is 0 Å². The summed E-state index contributed by atoms with van der Waals surface area (Å²) in [7, 11) is -3.21. The standard InChI is InChI=1S/C15H21N3O5S/c1-2-10-24(22,23)17-8-6-13(7-9-17)16-15(19)12-4-3-5-14(11-12)18(20)21/h3-5,11,13H,2,6-10H2,1H3,(H,16,19). The van der Waals surface area contributed by atoms with Crippen LogP contribution in [0.5, 0.6) is 0 Å². The highest BCUT2D eigenvalue weighted by Gasteiger charge is 2.28. The van der Waals surface area contributed by atoms with Crippen molar-refractivity contribution in [3.63, 3.8) is 0 Å². The van der Waals surface area contributed by atoms with E-state index in [1.54, 1.807) is 0 Å². The van der Waals surface area contributed by atoms with Gasteiger partial charge in [0.1, 0.15) is 0 Å². The van der Waals surface area contributed by atoms with E-state index in [1.165, 1.54) is 28.6 Å². The van der Waals surface area contributed by atoms with Crippen LogP contribution in [-0.2, 0) is 10.0 Å². The minimum absolute atomic E-state index is 0.134. The second-order valence-electron chi connectivity index (χ2n) is 5.77. The molecule has 24 heavy (non-hydrogen) atoms. The van der Waals surface area contributed by atoms with Gasteiger partial charge in [0.2, 0.25) is 10.0 Å². The van der Waals surface area contributed by atoms with E-state index >= 15 is 0 Å². The molecule has 2 rings (SSSR count). The Kier molecular flexibility index (Phi) is 5.89. The highest BCUT2D eigenvalue weighted by atomic mass is 32.2. The summed E-state index contributed by atoms with van der Waals surface area (Å²) in [5, 5.41) is 13.6. The van der Waals surface area contributed by atoms with Gasteiger partial charge in [-0.05, 0) is 25.3 Å². The lowest BCUT2D eigenvalue weighted by molar-refractivity contribution is -0.384. The van der Waals surface area contributed by atoms with Crippen LogP contribution in [0.4, 0.5) is 5.69 Å². The summed E-state index contributed by atoms with van der Waals surface area (Å²) in [4.78, 5) is 22.4. The second kappa shape index (κ2) is 7.71. The molecule has 0 atom stereocenters. The Balaban J connectivity index is 1.93. The number of nitrogens with one attached hydrogen (secondary N) is 1. The fourth-order valence-corrected chi connectivity index (χ4v) is 4.24. The fourth-order valence-electron chi connectivity index (χ4n) is 2.69. The molecular formula is C15H21N3O5S. The highest BCUT2D eigenvalue weighted by Crippen LogP contribution is 2.17. The lowest BCUT2D eigenvalue weighted by atomic mass is 10.1.